The third-order valence-electron chi connectivity index (χ3n) is 5.24. The van der Waals surface area contributed by atoms with E-state index in [0.717, 1.165) is 22.4 Å². The molecule has 1 amide bonds. The molecule has 1 aromatic heterocycles. The molecule has 35 heavy (non-hydrogen) atoms. The number of amides is 1. The molecular weight excluding hydrogens is 485 g/mol. The second kappa shape index (κ2) is 9.67. The van der Waals surface area contributed by atoms with Crippen LogP contribution in [0.5, 0.6) is 5.75 Å². The molecule has 4 rings (SSSR count). The number of ether oxygens (including phenoxy) is 1. The van der Waals surface area contributed by atoms with Crippen LogP contribution >= 0.6 is 11.6 Å². The van der Waals surface area contributed by atoms with Crippen molar-refractivity contribution in [3.8, 4) is 22.8 Å². The molecular formula is C24H18ClF3N4O3. The van der Waals surface area contributed by atoms with Crippen molar-refractivity contribution in [1.82, 2.24) is 14.8 Å². The summed E-state index contributed by atoms with van der Waals surface area (Å²) < 4.78 is 45.9. The number of methoxy groups -OCH3 is 1. The highest BCUT2D eigenvalue weighted by Crippen LogP contribution is 2.29. The summed E-state index contributed by atoms with van der Waals surface area (Å²) in [5, 5.41) is 7.19. The third kappa shape index (κ3) is 4.78. The number of aromatic nitrogens is 3. The Kier molecular flexibility index (Phi) is 6.65. The molecule has 0 spiro atoms. The minimum Gasteiger partial charge on any atom is -0.496 e. The maximum absolute atomic E-state index is 13.5. The number of anilines is 1. The van der Waals surface area contributed by atoms with Crippen LogP contribution in [-0.2, 0) is 0 Å². The van der Waals surface area contributed by atoms with Gasteiger partial charge >= 0.3 is 5.69 Å². The molecule has 4 aromatic rings. The fourth-order valence-electron chi connectivity index (χ4n) is 3.53. The van der Waals surface area contributed by atoms with E-state index in [2.05, 4.69) is 15.4 Å². The molecule has 0 radical (unpaired) electrons. The lowest BCUT2D eigenvalue weighted by molar-refractivity contribution is 0.102. The molecule has 0 fully saturated rings. The fourth-order valence-corrected chi connectivity index (χ4v) is 3.84. The Balaban J connectivity index is 1.66. The standard InChI is InChI=1S/C24H18ClF3N4O3/c1-12-4-3-5-17(25)20(12)22-30-24(34)32(31-22)14-7-8-15(19(11-14)35-2)23(33)29-13-6-9-18(26)16(10-13)21(27)28/h3-11,21H,1-2H3,(H,29,33)(H,30,31,34). The number of hydrogen-bond donors (Lipinski definition) is 2. The smallest absolute Gasteiger partial charge is 0.348 e. The average molecular weight is 503 g/mol. The van der Waals surface area contributed by atoms with Gasteiger partial charge in [-0.3, -0.25) is 9.78 Å². The van der Waals surface area contributed by atoms with Crippen LogP contribution < -0.4 is 15.7 Å². The number of aromatic amines is 1. The first-order valence-corrected chi connectivity index (χ1v) is 10.6. The quantitative estimate of drug-likeness (QED) is 0.363. The lowest BCUT2D eigenvalue weighted by atomic mass is 10.1. The molecule has 1 heterocycles. The topological polar surface area (TPSA) is 89.0 Å². The van der Waals surface area contributed by atoms with E-state index in [0.29, 0.717) is 16.3 Å². The van der Waals surface area contributed by atoms with Crippen molar-refractivity contribution < 1.29 is 22.7 Å². The number of aryl methyl sites for hydroxylation is 1. The van der Waals surface area contributed by atoms with Crippen LogP contribution in [0.3, 0.4) is 0 Å². The molecule has 2 N–H and O–H groups in total. The number of H-pyrrole nitrogens is 1. The van der Waals surface area contributed by atoms with Gasteiger partial charge in [-0.15, -0.1) is 5.10 Å². The molecule has 0 aliphatic rings. The van der Waals surface area contributed by atoms with Crippen molar-refractivity contribution in [3.63, 3.8) is 0 Å². The molecule has 0 saturated heterocycles. The molecule has 0 unspecified atom stereocenters. The van der Waals surface area contributed by atoms with Gasteiger partial charge in [0.2, 0.25) is 0 Å². The number of halogens is 4. The van der Waals surface area contributed by atoms with Gasteiger partial charge in [0.15, 0.2) is 5.82 Å². The van der Waals surface area contributed by atoms with Gasteiger partial charge in [0, 0.05) is 17.3 Å². The van der Waals surface area contributed by atoms with Crippen molar-refractivity contribution in [2.75, 3.05) is 12.4 Å². The van der Waals surface area contributed by atoms with Gasteiger partial charge in [-0.2, -0.15) is 4.68 Å². The summed E-state index contributed by atoms with van der Waals surface area (Å²) in [6, 6.07) is 12.5. The molecule has 0 aliphatic heterocycles. The van der Waals surface area contributed by atoms with Gasteiger partial charge in [0.1, 0.15) is 11.6 Å². The van der Waals surface area contributed by atoms with Crippen molar-refractivity contribution in [1.29, 1.82) is 0 Å². The summed E-state index contributed by atoms with van der Waals surface area (Å²) in [6.45, 7) is 1.83. The van der Waals surface area contributed by atoms with Crippen LogP contribution in [0.2, 0.25) is 5.02 Å². The molecule has 0 bridgehead atoms. The predicted octanol–water partition coefficient (Wildman–Crippen LogP) is 5.53. The number of hydrogen-bond acceptors (Lipinski definition) is 4. The van der Waals surface area contributed by atoms with Crippen molar-refractivity contribution in [3.05, 3.63) is 92.6 Å². The first-order chi connectivity index (χ1) is 16.7. The van der Waals surface area contributed by atoms with Crippen LogP contribution in [0.1, 0.15) is 27.9 Å². The minimum atomic E-state index is -3.03. The molecule has 180 valence electrons. The normalized spacial score (nSPS) is 11.1. The molecule has 0 saturated carbocycles. The highest BCUT2D eigenvalue weighted by atomic mass is 35.5. The maximum atomic E-state index is 13.5. The lowest BCUT2D eigenvalue weighted by Gasteiger charge is -2.12. The summed E-state index contributed by atoms with van der Waals surface area (Å²) in [5.74, 6) is -1.38. The number of carbonyl (C=O) groups excluding carboxylic acids is 1. The van der Waals surface area contributed by atoms with E-state index < -0.39 is 29.4 Å². The van der Waals surface area contributed by atoms with Gasteiger partial charge in [0.25, 0.3) is 12.3 Å². The van der Waals surface area contributed by atoms with Gasteiger partial charge in [-0.25, -0.2) is 18.0 Å². The zero-order valence-corrected chi connectivity index (χ0v) is 19.2. The van der Waals surface area contributed by atoms with Gasteiger partial charge < -0.3 is 10.1 Å². The van der Waals surface area contributed by atoms with Gasteiger partial charge in [-0.1, -0.05) is 23.7 Å². The van der Waals surface area contributed by atoms with E-state index in [1.54, 1.807) is 12.1 Å². The van der Waals surface area contributed by atoms with Crippen LogP contribution in [0.25, 0.3) is 17.1 Å². The fraction of sp³-hybridized carbons (Fsp3) is 0.125. The largest absolute Gasteiger partial charge is 0.496 e. The number of carbonyl (C=O) groups is 1. The zero-order chi connectivity index (χ0) is 25.3. The zero-order valence-electron chi connectivity index (χ0n) is 18.4. The van der Waals surface area contributed by atoms with Crippen LogP contribution in [-0.4, -0.2) is 27.8 Å². The highest BCUT2D eigenvalue weighted by Gasteiger charge is 2.19. The van der Waals surface area contributed by atoms with E-state index >= 15 is 0 Å². The van der Waals surface area contributed by atoms with Crippen molar-refractivity contribution >= 4 is 23.2 Å². The summed E-state index contributed by atoms with van der Waals surface area (Å²) in [5.41, 5.74) is 0.384. The number of nitrogens with zero attached hydrogens (tertiary/aromatic N) is 2. The molecule has 11 heteroatoms. The number of benzene rings is 3. The minimum absolute atomic E-state index is 0.0129. The molecule has 7 nitrogen and oxygen atoms in total. The summed E-state index contributed by atoms with van der Waals surface area (Å²) >= 11 is 6.28. The van der Waals surface area contributed by atoms with Crippen LogP contribution in [0.15, 0.2) is 59.4 Å². The van der Waals surface area contributed by atoms with E-state index in [9.17, 15) is 22.8 Å². The SMILES string of the molecule is COc1cc(-n2nc(-c3c(C)cccc3Cl)[nH]c2=O)ccc1C(=O)Nc1ccc(F)c(C(F)F)c1. The Morgan fingerprint density at radius 1 is 1.17 bits per heavy atom. The van der Waals surface area contributed by atoms with Gasteiger partial charge in [-0.05, 0) is 48.9 Å². The maximum Gasteiger partial charge on any atom is 0.348 e. The Bertz CT molecular complexity index is 1460. The first-order valence-electron chi connectivity index (χ1n) is 10.2. The Labute approximate surface area is 202 Å². The molecule has 0 atom stereocenters. The Morgan fingerprint density at radius 2 is 1.94 bits per heavy atom. The summed E-state index contributed by atoms with van der Waals surface area (Å²) in [4.78, 5) is 28.0. The average Bonchev–Trinajstić information content (AvgIpc) is 3.20. The van der Waals surface area contributed by atoms with Crippen molar-refractivity contribution in [2.45, 2.75) is 13.3 Å². The van der Waals surface area contributed by atoms with Crippen LogP contribution in [0, 0.1) is 12.7 Å². The van der Waals surface area contributed by atoms with E-state index in [-0.39, 0.29) is 22.8 Å². The molecule has 0 aliphatic carbocycles. The summed E-state index contributed by atoms with van der Waals surface area (Å²) in [6.07, 6.45) is -3.03. The second-order valence-electron chi connectivity index (χ2n) is 7.50. The Hall–Kier alpha value is -4.05. The van der Waals surface area contributed by atoms with E-state index in [4.69, 9.17) is 16.3 Å². The van der Waals surface area contributed by atoms with Crippen molar-refractivity contribution in [2.24, 2.45) is 0 Å². The Morgan fingerprint density at radius 3 is 2.63 bits per heavy atom. The molecule has 3 aromatic carbocycles. The van der Waals surface area contributed by atoms with Crippen LogP contribution in [0.4, 0.5) is 18.9 Å². The third-order valence-corrected chi connectivity index (χ3v) is 5.55. The lowest BCUT2D eigenvalue weighted by Crippen LogP contribution is -2.17. The van der Waals surface area contributed by atoms with Gasteiger partial charge in [0.05, 0.1) is 28.9 Å². The monoisotopic (exact) mass is 502 g/mol. The number of nitrogens with one attached hydrogen (secondary N) is 2. The van der Waals surface area contributed by atoms with E-state index in [1.165, 1.54) is 31.4 Å². The number of alkyl halides is 2. The summed E-state index contributed by atoms with van der Waals surface area (Å²) in [7, 11) is 1.33. The predicted molar refractivity (Wildman–Crippen MR) is 125 cm³/mol. The van der Waals surface area contributed by atoms with E-state index in [1.807, 2.05) is 13.0 Å². The second-order valence-corrected chi connectivity index (χ2v) is 7.91. The first kappa shape index (κ1) is 24.1. The number of rotatable bonds is 6. The highest BCUT2D eigenvalue weighted by molar-refractivity contribution is 6.33.